The fourth-order valence-corrected chi connectivity index (χ4v) is 4.02. The van der Waals surface area contributed by atoms with E-state index in [0.29, 0.717) is 6.54 Å². The van der Waals surface area contributed by atoms with E-state index in [9.17, 15) is 14.9 Å². The van der Waals surface area contributed by atoms with Crippen molar-refractivity contribution in [1.29, 1.82) is 0 Å². The number of non-ortho nitro benzene ring substituents is 1. The Kier molecular flexibility index (Phi) is 6.26. The maximum atomic E-state index is 12.9. The van der Waals surface area contributed by atoms with Gasteiger partial charge in [-0.15, -0.1) is 0 Å². The molecule has 0 aliphatic rings. The Hall–Kier alpha value is -4.00. The van der Waals surface area contributed by atoms with Crippen LogP contribution >= 0.6 is 0 Å². The molecule has 7 nitrogen and oxygen atoms in total. The molecule has 4 aromatic rings. The number of H-pyrrole nitrogens is 1. The summed E-state index contributed by atoms with van der Waals surface area (Å²) in [5, 5.41) is 15.1. The molecule has 2 heterocycles. The van der Waals surface area contributed by atoms with Crippen molar-refractivity contribution in [3.8, 4) is 0 Å². The van der Waals surface area contributed by atoms with Crippen molar-refractivity contribution >= 4 is 22.5 Å². The van der Waals surface area contributed by atoms with Gasteiger partial charge >= 0.3 is 0 Å². The van der Waals surface area contributed by atoms with Crippen molar-refractivity contribution in [2.75, 3.05) is 0 Å². The second-order valence-corrected chi connectivity index (χ2v) is 7.67. The van der Waals surface area contributed by atoms with Gasteiger partial charge < -0.3 is 10.3 Å². The van der Waals surface area contributed by atoms with E-state index in [1.54, 1.807) is 24.5 Å². The van der Waals surface area contributed by atoms with Crippen LogP contribution in [0, 0.1) is 10.1 Å². The van der Waals surface area contributed by atoms with E-state index in [4.69, 9.17) is 0 Å². The van der Waals surface area contributed by atoms with Crippen molar-refractivity contribution in [2.45, 2.75) is 32.2 Å². The third kappa shape index (κ3) is 4.51. The first-order chi connectivity index (χ1) is 15.6. The molecular formula is C25H24N4O3. The Morgan fingerprint density at radius 1 is 1.12 bits per heavy atom. The Morgan fingerprint density at radius 2 is 1.88 bits per heavy atom. The zero-order chi connectivity index (χ0) is 22.5. The summed E-state index contributed by atoms with van der Waals surface area (Å²) < 4.78 is 0. The van der Waals surface area contributed by atoms with E-state index < -0.39 is 4.92 Å². The number of nitro groups is 1. The summed E-state index contributed by atoms with van der Waals surface area (Å²) in [6, 6.07) is 16.3. The lowest BCUT2D eigenvalue weighted by molar-refractivity contribution is -0.384. The number of nitro benzene ring substituents is 1. The molecule has 32 heavy (non-hydrogen) atoms. The number of carbonyl (C=O) groups excluding carboxylic acids is 1. The highest BCUT2D eigenvalue weighted by Crippen LogP contribution is 2.35. The quantitative estimate of drug-likeness (QED) is 0.309. The van der Waals surface area contributed by atoms with E-state index in [-0.39, 0.29) is 23.9 Å². The third-order valence-electron chi connectivity index (χ3n) is 5.72. The molecule has 0 aliphatic carbocycles. The van der Waals surface area contributed by atoms with Crippen molar-refractivity contribution < 1.29 is 9.72 Å². The summed E-state index contributed by atoms with van der Waals surface area (Å²) in [6.07, 6.45) is 6.46. The standard InChI is InChI=1S/C25H24N4O3/c1-2-18-4-3-5-21-23(16-28-25(18)21)22(19-6-8-20(9-7-19)29(31)32)14-24(30)27-15-17-10-12-26-13-11-17/h3-13,16,22,28H,2,14-15H2,1H3,(H,27,30)/t22-/m0/s1. The second-order valence-electron chi connectivity index (χ2n) is 7.67. The maximum absolute atomic E-state index is 12.9. The minimum absolute atomic E-state index is 0.0295. The number of amides is 1. The zero-order valence-electron chi connectivity index (χ0n) is 17.7. The number of hydrogen-bond acceptors (Lipinski definition) is 4. The van der Waals surface area contributed by atoms with E-state index in [2.05, 4.69) is 28.3 Å². The Labute approximate surface area is 185 Å². The minimum Gasteiger partial charge on any atom is -0.361 e. The molecule has 0 fully saturated rings. The summed E-state index contributed by atoms with van der Waals surface area (Å²) in [4.78, 5) is 30.9. The van der Waals surface area contributed by atoms with Crippen LogP contribution in [-0.2, 0) is 17.8 Å². The zero-order valence-corrected chi connectivity index (χ0v) is 17.7. The molecule has 2 N–H and O–H groups in total. The predicted octanol–water partition coefficient (Wildman–Crippen LogP) is 4.87. The number of pyridine rings is 1. The average Bonchev–Trinajstić information content (AvgIpc) is 3.26. The van der Waals surface area contributed by atoms with Crippen LogP contribution in [0.25, 0.3) is 10.9 Å². The monoisotopic (exact) mass is 428 g/mol. The fourth-order valence-electron chi connectivity index (χ4n) is 4.02. The van der Waals surface area contributed by atoms with Crippen molar-refractivity contribution in [2.24, 2.45) is 0 Å². The van der Waals surface area contributed by atoms with Crippen LogP contribution in [0.15, 0.2) is 73.2 Å². The van der Waals surface area contributed by atoms with Gasteiger partial charge in [-0.05, 0) is 40.8 Å². The topological polar surface area (TPSA) is 101 Å². The SMILES string of the molecule is CCc1cccc2c([C@@H](CC(=O)NCc3ccncc3)c3ccc([N+](=O)[O-])cc3)c[nH]c12. The molecule has 162 valence electrons. The molecule has 0 bridgehead atoms. The second kappa shape index (κ2) is 9.43. The Morgan fingerprint density at radius 3 is 2.56 bits per heavy atom. The van der Waals surface area contributed by atoms with Crippen LogP contribution in [0.4, 0.5) is 5.69 Å². The number of para-hydroxylation sites is 1. The van der Waals surface area contributed by atoms with Crippen LogP contribution in [0.3, 0.4) is 0 Å². The molecule has 0 aliphatic heterocycles. The van der Waals surface area contributed by atoms with Gasteiger partial charge in [-0.25, -0.2) is 0 Å². The van der Waals surface area contributed by atoms with Gasteiger partial charge in [-0.1, -0.05) is 37.3 Å². The molecule has 7 heteroatoms. The van der Waals surface area contributed by atoms with Gasteiger partial charge in [0.2, 0.25) is 5.91 Å². The lowest BCUT2D eigenvalue weighted by atomic mass is 9.87. The minimum atomic E-state index is -0.417. The molecule has 4 rings (SSSR count). The number of nitrogens with zero attached hydrogens (tertiary/aromatic N) is 2. The number of nitrogens with one attached hydrogen (secondary N) is 2. The molecule has 2 aromatic carbocycles. The van der Waals surface area contributed by atoms with Crippen LogP contribution in [0.1, 0.15) is 41.5 Å². The van der Waals surface area contributed by atoms with Gasteiger partial charge in [-0.2, -0.15) is 0 Å². The van der Waals surface area contributed by atoms with Crippen LogP contribution < -0.4 is 5.32 Å². The number of aromatic amines is 1. The summed E-state index contributed by atoms with van der Waals surface area (Å²) in [5.41, 5.74) is 5.13. The van der Waals surface area contributed by atoms with Crippen molar-refractivity contribution in [3.63, 3.8) is 0 Å². The molecular weight excluding hydrogens is 404 g/mol. The van der Waals surface area contributed by atoms with Gasteiger partial charge in [0.25, 0.3) is 5.69 Å². The number of benzene rings is 2. The number of rotatable bonds is 8. The number of hydrogen-bond donors (Lipinski definition) is 2. The number of carbonyl (C=O) groups is 1. The summed E-state index contributed by atoms with van der Waals surface area (Å²) in [7, 11) is 0. The summed E-state index contributed by atoms with van der Waals surface area (Å²) in [5.74, 6) is -0.333. The molecule has 0 spiro atoms. The molecule has 0 saturated carbocycles. The largest absolute Gasteiger partial charge is 0.361 e. The highest BCUT2D eigenvalue weighted by atomic mass is 16.6. The normalized spacial score (nSPS) is 11.9. The lowest BCUT2D eigenvalue weighted by Crippen LogP contribution is -2.25. The van der Waals surface area contributed by atoms with Gasteiger partial charge in [0.15, 0.2) is 0 Å². The first-order valence-electron chi connectivity index (χ1n) is 10.6. The lowest BCUT2D eigenvalue weighted by Gasteiger charge is -2.17. The number of aromatic nitrogens is 2. The van der Waals surface area contributed by atoms with E-state index in [1.807, 2.05) is 30.5 Å². The third-order valence-corrected chi connectivity index (χ3v) is 5.72. The average molecular weight is 428 g/mol. The van der Waals surface area contributed by atoms with Gasteiger partial charge in [0.1, 0.15) is 0 Å². The molecule has 2 aromatic heterocycles. The first-order valence-corrected chi connectivity index (χ1v) is 10.6. The maximum Gasteiger partial charge on any atom is 0.269 e. The molecule has 0 radical (unpaired) electrons. The highest BCUT2D eigenvalue weighted by molar-refractivity contribution is 5.88. The van der Waals surface area contributed by atoms with Crippen molar-refractivity contribution in [1.82, 2.24) is 15.3 Å². The smallest absolute Gasteiger partial charge is 0.269 e. The molecule has 1 amide bonds. The predicted molar refractivity (Wildman–Crippen MR) is 123 cm³/mol. The van der Waals surface area contributed by atoms with Gasteiger partial charge in [0, 0.05) is 60.5 Å². The Bertz CT molecular complexity index is 1230. The van der Waals surface area contributed by atoms with Crippen LogP contribution in [0.2, 0.25) is 0 Å². The Balaban J connectivity index is 1.65. The van der Waals surface area contributed by atoms with Crippen LogP contribution in [0.5, 0.6) is 0 Å². The van der Waals surface area contributed by atoms with Gasteiger partial charge in [0.05, 0.1) is 4.92 Å². The van der Waals surface area contributed by atoms with Gasteiger partial charge in [-0.3, -0.25) is 19.9 Å². The van der Waals surface area contributed by atoms with E-state index in [0.717, 1.165) is 34.0 Å². The van der Waals surface area contributed by atoms with E-state index in [1.165, 1.54) is 17.7 Å². The first kappa shape index (κ1) is 21.2. The molecule has 1 atom stereocenters. The molecule has 0 saturated heterocycles. The van der Waals surface area contributed by atoms with E-state index >= 15 is 0 Å². The number of fused-ring (bicyclic) bond motifs is 1. The number of aryl methyl sites for hydroxylation is 1. The molecule has 0 unspecified atom stereocenters. The summed E-state index contributed by atoms with van der Waals surface area (Å²) >= 11 is 0. The van der Waals surface area contributed by atoms with Crippen molar-refractivity contribution in [3.05, 3.63) is 106 Å². The summed E-state index contributed by atoms with van der Waals surface area (Å²) in [6.45, 7) is 2.53. The van der Waals surface area contributed by atoms with Crippen LogP contribution in [-0.4, -0.2) is 20.8 Å². The fraction of sp³-hybridized carbons (Fsp3) is 0.200. The highest BCUT2D eigenvalue weighted by Gasteiger charge is 2.22.